The zero-order chi connectivity index (χ0) is 43.6. The van der Waals surface area contributed by atoms with Crippen LogP contribution in [0.1, 0.15) is 61.8 Å². The van der Waals surface area contributed by atoms with Gasteiger partial charge in [-0.05, 0) is 165 Å². The number of hydrogen-bond acceptors (Lipinski definition) is 6. The van der Waals surface area contributed by atoms with Crippen LogP contribution in [0.4, 0.5) is 34.1 Å². The Morgan fingerprint density at radius 3 is 1.20 bits per heavy atom. The zero-order valence-corrected chi connectivity index (χ0v) is 36.3. The number of hydrogen-bond donors (Lipinski definition) is 1. The van der Waals surface area contributed by atoms with E-state index in [2.05, 4.69) is 183 Å². The van der Waals surface area contributed by atoms with Crippen LogP contribution in [0.2, 0.25) is 0 Å². The Bertz CT molecular complexity index is 3590. The van der Waals surface area contributed by atoms with E-state index in [1.165, 1.54) is 11.1 Å². The van der Waals surface area contributed by atoms with Gasteiger partial charge in [-0.2, -0.15) is 5.26 Å². The van der Waals surface area contributed by atoms with Crippen molar-refractivity contribution in [3.8, 4) is 6.07 Å². The molecule has 0 bridgehead atoms. The van der Waals surface area contributed by atoms with Gasteiger partial charge >= 0.3 is 0 Å². The fourth-order valence-corrected chi connectivity index (χ4v) is 9.16. The molecule has 0 aliphatic carbocycles. The third-order valence-corrected chi connectivity index (χ3v) is 12.8. The summed E-state index contributed by atoms with van der Waals surface area (Å²) in [6, 6.07) is 62.4. The lowest BCUT2D eigenvalue weighted by Gasteiger charge is -2.26. The number of benzene rings is 9. The second kappa shape index (κ2) is 15.5. The van der Waals surface area contributed by atoms with Gasteiger partial charge in [-0.25, -0.2) is 0 Å². The van der Waals surface area contributed by atoms with Gasteiger partial charge in [0, 0.05) is 68.3 Å². The maximum atomic E-state index is 9.50. The minimum atomic E-state index is 0.434. The van der Waals surface area contributed by atoms with Crippen molar-refractivity contribution in [1.82, 2.24) is 0 Å². The van der Waals surface area contributed by atoms with Crippen LogP contribution in [0, 0.1) is 11.3 Å². The van der Waals surface area contributed by atoms with E-state index in [1.807, 2.05) is 30.3 Å². The number of furan rings is 2. The van der Waals surface area contributed by atoms with Crippen LogP contribution in [0.3, 0.4) is 0 Å². The Morgan fingerprint density at radius 1 is 0.422 bits per heavy atom. The van der Waals surface area contributed by atoms with Crippen LogP contribution < -0.4 is 15.5 Å². The topological polar surface area (TPSA) is 82.6 Å². The van der Waals surface area contributed by atoms with Gasteiger partial charge in [0.15, 0.2) is 0 Å². The average molecular weight is 831 g/mol. The van der Waals surface area contributed by atoms with E-state index in [9.17, 15) is 5.26 Å². The molecule has 2 heterocycles. The van der Waals surface area contributed by atoms with Crippen molar-refractivity contribution in [2.45, 2.75) is 46.1 Å². The first-order chi connectivity index (χ1) is 31.2. The Kier molecular flexibility index (Phi) is 9.45. The minimum Gasteiger partial charge on any atom is -0.456 e. The van der Waals surface area contributed by atoms with Crippen LogP contribution >= 0.6 is 0 Å². The summed E-state index contributed by atoms with van der Waals surface area (Å²) in [4.78, 5) is 4.54. The first-order valence-corrected chi connectivity index (χ1v) is 22.0. The van der Waals surface area contributed by atoms with E-state index in [-0.39, 0.29) is 0 Å². The van der Waals surface area contributed by atoms with E-state index in [0.717, 1.165) is 105 Å². The summed E-state index contributed by atoms with van der Waals surface area (Å²) in [5, 5.41) is 18.2. The SMILES string of the molecule is CC(C)c1ccc(N(c2ccc(C#N)cc2)c2ccc3cc4c(cc3c2)oc2cc3oc5cc6cc(N(c7ccc(CN)cc7)c7ccc(C(C)C)cc7)ccc6cc5c3cc24)cc1. The maximum Gasteiger partial charge on any atom is 0.139 e. The van der Waals surface area contributed by atoms with E-state index in [0.29, 0.717) is 23.9 Å². The molecule has 2 N–H and O–H groups in total. The molecule has 9 aromatic carbocycles. The molecule has 11 rings (SSSR count). The van der Waals surface area contributed by atoms with Crippen molar-refractivity contribution in [2.75, 3.05) is 9.80 Å². The molecule has 0 amide bonds. The summed E-state index contributed by atoms with van der Waals surface area (Å²) >= 11 is 0. The molecule has 0 saturated heterocycles. The molecule has 6 nitrogen and oxygen atoms in total. The monoisotopic (exact) mass is 830 g/mol. The van der Waals surface area contributed by atoms with Gasteiger partial charge in [-0.3, -0.25) is 0 Å². The predicted molar refractivity (Wildman–Crippen MR) is 266 cm³/mol. The summed E-state index contributed by atoms with van der Waals surface area (Å²) in [5.74, 6) is 0.885. The smallest absolute Gasteiger partial charge is 0.139 e. The lowest BCUT2D eigenvalue weighted by Crippen LogP contribution is -2.10. The number of nitrogens with zero attached hydrogens (tertiary/aromatic N) is 3. The standard InChI is InChI=1S/C58H46N4O2/c1-35(2)39-9-19-47(20-10-39)61(45-15-5-37(33-59)6-16-45)49-23-13-41-27-51-53-31-54-52-28-42-14-24-50(26-44(42)30-56(52)64-58(54)32-57(53)63-55(51)29-43(41)25-49)62(46-17-7-38(34-60)8-18-46)48-21-11-40(12-22-48)36(3)4/h5-32,35-36H,33,59H2,1-4H3. The van der Waals surface area contributed by atoms with Crippen LogP contribution in [-0.4, -0.2) is 0 Å². The van der Waals surface area contributed by atoms with Crippen molar-refractivity contribution in [3.63, 3.8) is 0 Å². The first-order valence-electron chi connectivity index (χ1n) is 22.0. The van der Waals surface area contributed by atoms with Crippen LogP contribution in [0.25, 0.3) is 65.4 Å². The largest absolute Gasteiger partial charge is 0.456 e. The summed E-state index contributed by atoms with van der Waals surface area (Å²) in [5.41, 5.74) is 19.8. The second-order valence-electron chi connectivity index (χ2n) is 17.5. The first kappa shape index (κ1) is 39.0. The van der Waals surface area contributed by atoms with Gasteiger partial charge in [0.2, 0.25) is 0 Å². The molecule has 6 heteroatoms. The minimum absolute atomic E-state index is 0.434. The number of nitriles is 1. The van der Waals surface area contributed by atoms with Gasteiger partial charge in [-0.1, -0.05) is 76.2 Å². The number of nitrogens with two attached hydrogens (primary N) is 1. The van der Waals surface area contributed by atoms with Crippen molar-refractivity contribution in [2.24, 2.45) is 5.73 Å². The predicted octanol–water partition coefficient (Wildman–Crippen LogP) is 16.3. The van der Waals surface area contributed by atoms with Crippen molar-refractivity contribution < 1.29 is 8.83 Å². The molecule has 0 radical (unpaired) electrons. The Labute approximate surface area is 372 Å². The molecule has 0 atom stereocenters. The van der Waals surface area contributed by atoms with Gasteiger partial charge in [0.05, 0.1) is 11.6 Å². The second-order valence-corrected chi connectivity index (χ2v) is 17.5. The van der Waals surface area contributed by atoms with Gasteiger partial charge in [0.25, 0.3) is 0 Å². The molecular weight excluding hydrogens is 785 g/mol. The molecule has 0 spiro atoms. The van der Waals surface area contributed by atoms with Gasteiger partial charge in [-0.15, -0.1) is 0 Å². The molecular formula is C58H46N4O2. The fourth-order valence-electron chi connectivity index (χ4n) is 9.16. The Hall–Kier alpha value is -7.85. The van der Waals surface area contributed by atoms with Crippen LogP contribution in [-0.2, 0) is 6.54 Å². The van der Waals surface area contributed by atoms with Crippen molar-refractivity contribution in [3.05, 3.63) is 192 Å². The number of anilines is 6. The molecule has 0 aliphatic rings. The summed E-state index contributed by atoms with van der Waals surface area (Å²) in [6.45, 7) is 9.36. The lowest BCUT2D eigenvalue weighted by atomic mass is 10.0. The Morgan fingerprint density at radius 2 is 0.797 bits per heavy atom. The quantitative estimate of drug-likeness (QED) is 0.156. The van der Waals surface area contributed by atoms with E-state index < -0.39 is 0 Å². The molecule has 310 valence electrons. The summed E-state index contributed by atoms with van der Waals surface area (Å²) in [7, 11) is 0. The van der Waals surface area contributed by atoms with Gasteiger partial charge < -0.3 is 24.4 Å². The molecule has 0 aliphatic heterocycles. The molecule has 0 saturated carbocycles. The third-order valence-electron chi connectivity index (χ3n) is 12.8. The fraction of sp³-hybridized carbons (Fsp3) is 0.121. The normalized spacial score (nSPS) is 11.8. The average Bonchev–Trinajstić information content (AvgIpc) is 3.85. The molecule has 0 unspecified atom stereocenters. The molecule has 0 fully saturated rings. The third kappa shape index (κ3) is 6.79. The molecule has 64 heavy (non-hydrogen) atoms. The van der Waals surface area contributed by atoms with Crippen LogP contribution in [0.15, 0.2) is 179 Å². The maximum absolute atomic E-state index is 9.50. The van der Waals surface area contributed by atoms with Crippen molar-refractivity contribution >= 4 is 99.5 Å². The molecule has 11 aromatic rings. The summed E-state index contributed by atoms with van der Waals surface area (Å²) < 4.78 is 13.2. The number of rotatable bonds is 9. The lowest BCUT2D eigenvalue weighted by molar-refractivity contribution is 0.656. The highest BCUT2D eigenvalue weighted by atomic mass is 16.3. The number of fused-ring (bicyclic) bond motifs is 8. The summed E-state index contributed by atoms with van der Waals surface area (Å²) in [6.07, 6.45) is 0. The molecule has 2 aromatic heterocycles. The Balaban J connectivity index is 0.979. The highest BCUT2D eigenvalue weighted by molar-refractivity contribution is 6.18. The zero-order valence-electron chi connectivity index (χ0n) is 36.3. The van der Waals surface area contributed by atoms with Gasteiger partial charge in [0.1, 0.15) is 22.3 Å². The van der Waals surface area contributed by atoms with Crippen LogP contribution in [0.5, 0.6) is 0 Å². The van der Waals surface area contributed by atoms with E-state index in [1.54, 1.807) is 0 Å². The highest BCUT2D eigenvalue weighted by Gasteiger charge is 2.19. The van der Waals surface area contributed by atoms with E-state index >= 15 is 0 Å². The van der Waals surface area contributed by atoms with E-state index in [4.69, 9.17) is 14.6 Å². The van der Waals surface area contributed by atoms with Crippen molar-refractivity contribution in [1.29, 1.82) is 5.26 Å². The highest BCUT2D eigenvalue weighted by Crippen LogP contribution is 2.43.